The van der Waals surface area contributed by atoms with Gasteiger partial charge in [0.1, 0.15) is 22.8 Å². The molecule has 0 heterocycles. The minimum atomic E-state index is -2.04. The zero-order valence-corrected chi connectivity index (χ0v) is 20.2. The zero-order chi connectivity index (χ0) is 26.2. The Morgan fingerprint density at radius 3 is 2.43 bits per heavy atom. The highest BCUT2D eigenvalue weighted by molar-refractivity contribution is 6.12. The molecule has 4 atom stereocenters. The molecule has 0 fully saturated rings. The maximum absolute atomic E-state index is 13.6. The maximum atomic E-state index is 13.6. The van der Waals surface area contributed by atoms with Crippen LogP contribution in [0.1, 0.15) is 62.0 Å². The Bertz CT molecular complexity index is 1190. The second-order valence-corrected chi connectivity index (χ2v) is 9.63. The number of aliphatic hydroxyl groups is 3. The van der Waals surface area contributed by atoms with Gasteiger partial charge in [0.15, 0.2) is 6.10 Å². The minimum Gasteiger partial charge on any atom is -0.508 e. The molecule has 35 heavy (non-hydrogen) atoms. The van der Waals surface area contributed by atoms with Gasteiger partial charge in [-0.15, -0.1) is 0 Å². The molecule has 190 valence electrons. The van der Waals surface area contributed by atoms with E-state index in [1.807, 2.05) is 19.9 Å². The Balaban J connectivity index is 2.33. The van der Waals surface area contributed by atoms with Gasteiger partial charge in [-0.25, -0.2) is 0 Å². The highest BCUT2D eigenvalue weighted by Gasteiger charge is 2.51. The van der Waals surface area contributed by atoms with E-state index in [4.69, 9.17) is 4.74 Å². The third-order valence-electron chi connectivity index (χ3n) is 6.22. The first-order chi connectivity index (χ1) is 16.2. The molecule has 0 radical (unpaired) electrons. The standard InChI is InChI=1S/C26H32O9/c1-12(2)5-6-17-18-8-15(29)9-20(31)21(18)23(32)22-19(17)11-26(34,10-16(30)7-13(3)27)25(24(22)33)35-14(4)28/h5,8-9,13,16,25,27,29-32,34H,6-7,10-11H2,1-4H3/t13?,16?,25-,26+/m1/s1. The number of esters is 1. The molecule has 0 bridgehead atoms. The number of ketones is 1. The molecule has 3 rings (SSSR count). The number of rotatable bonds is 7. The number of aromatic hydroxyl groups is 3. The van der Waals surface area contributed by atoms with Gasteiger partial charge >= 0.3 is 5.97 Å². The minimum absolute atomic E-state index is 0.0480. The summed E-state index contributed by atoms with van der Waals surface area (Å²) in [5, 5.41) is 63.7. The van der Waals surface area contributed by atoms with E-state index in [1.54, 1.807) is 0 Å². The summed E-state index contributed by atoms with van der Waals surface area (Å²) in [5.41, 5.74) is -0.539. The van der Waals surface area contributed by atoms with Crippen molar-refractivity contribution < 1.29 is 45.0 Å². The molecule has 0 spiro atoms. The van der Waals surface area contributed by atoms with E-state index in [0.29, 0.717) is 10.9 Å². The van der Waals surface area contributed by atoms with Gasteiger partial charge in [0.25, 0.3) is 0 Å². The zero-order valence-electron chi connectivity index (χ0n) is 20.2. The molecule has 0 amide bonds. The van der Waals surface area contributed by atoms with Crippen molar-refractivity contribution in [3.63, 3.8) is 0 Å². The van der Waals surface area contributed by atoms with E-state index in [9.17, 15) is 40.2 Å². The van der Waals surface area contributed by atoms with Crippen LogP contribution in [0.5, 0.6) is 17.2 Å². The number of phenolic OH excluding ortho intramolecular Hbond substituents is 3. The number of fused-ring (bicyclic) bond motifs is 2. The van der Waals surface area contributed by atoms with Crippen molar-refractivity contribution in [1.82, 2.24) is 0 Å². The number of ether oxygens (including phenoxy) is 1. The molecule has 6 N–H and O–H groups in total. The predicted octanol–water partition coefficient (Wildman–Crippen LogP) is 2.39. The molecule has 0 saturated heterocycles. The lowest BCUT2D eigenvalue weighted by molar-refractivity contribution is -0.161. The summed E-state index contributed by atoms with van der Waals surface area (Å²) in [4.78, 5) is 25.5. The smallest absolute Gasteiger partial charge is 0.303 e. The topological polar surface area (TPSA) is 165 Å². The molecule has 0 aromatic heterocycles. The van der Waals surface area contributed by atoms with Crippen LogP contribution in [0.4, 0.5) is 0 Å². The van der Waals surface area contributed by atoms with Crippen molar-refractivity contribution in [3.8, 4) is 17.2 Å². The monoisotopic (exact) mass is 488 g/mol. The lowest BCUT2D eigenvalue weighted by Crippen LogP contribution is -2.56. The van der Waals surface area contributed by atoms with Crippen LogP contribution in [0.3, 0.4) is 0 Å². The van der Waals surface area contributed by atoms with Crippen molar-refractivity contribution in [1.29, 1.82) is 0 Å². The molecule has 0 aliphatic heterocycles. The van der Waals surface area contributed by atoms with Gasteiger partial charge in [-0.05, 0) is 56.2 Å². The molecular weight excluding hydrogens is 456 g/mol. The first-order valence-corrected chi connectivity index (χ1v) is 11.4. The van der Waals surface area contributed by atoms with Crippen molar-refractivity contribution in [2.24, 2.45) is 0 Å². The lowest BCUT2D eigenvalue weighted by atomic mass is 9.71. The quantitative estimate of drug-likeness (QED) is 0.253. The van der Waals surface area contributed by atoms with E-state index < -0.39 is 47.2 Å². The number of phenols is 3. The molecule has 1 aliphatic carbocycles. The molecule has 1 aliphatic rings. The SMILES string of the molecule is CC(=O)O[C@@H]1C(=O)c2c(c(CC=C(C)C)c3cc(O)cc(O)c3c2O)C[C@@]1(O)CC(O)CC(C)O. The van der Waals surface area contributed by atoms with Crippen LogP contribution in [-0.2, 0) is 22.4 Å². The van der Waals surface area contributed by atoms with Gasteiger partial charge in [0, 0.05) is 25.8 Å². The summed E-state index contributed by atoms with van der Waals surface area (Å²) in [5.74, 6) is -2.96. The number of hydrogen-bond donors (Lipinski definition) is 6. The largest absolute Gasteiger partial charge is 0.508 e. The van der Waals surface area contributed by atoms with Crippen molar-refractivity contribution in [3.05, 3.63) is 40.5 Å². The van der Waals surface area contributed by atoms with E-state index >= 15 is 0 Å². The van der Waals surface area contributed by atoms with Crippen LogP contribution in [0.15, 0.2) is 23.8 Å². The fourth-order valence-corrected chi connectivity index (χ4v) is 4.85. The third-order valence-corrected chi connectivity index (χ3v) is 6.22. The van der Waals surface area contributed by atoms with E-state index in [0.717, 1.165) is 18.6 Å². The molecule has 0 saturated carbocycles. The fraction of sp³-hybridized carbons (Fsp3) is 0.462. The van der Waals surface area contributed by atoms with Crippen LogP contribution in [0.25, 0.3) is 10.8 Å². The van der Waals surface area contributed by atoms with Crippen molar-refractivity contribution in [2.45, 2.75) is 77.3 Å². The van der Waals surface area contributed by atoms with Crippen LogP contribution in [0.2, 0.25) is 0 Å². The Kier molecular flexibility index (Phi) is 7.45. The number of carbonyl (C=O) groups excluding carboxylic acids is 2. The normalized spacial score (nSPS) is 21.3. The second kappa shape index (κ2) is 9.85. The van der Waals surface area contributed by atoms with E-state index in [2.05, 4.69) is 0 Å². The summed E-state index contributed by atoms with van der Waals surface area (Å²) in [6.45, 7) is 6.28. The van der Waals surface area contributed by atoms with E-state index in [1.165, 1.54) is 13.0 Å². The molecule has 2 aromatic carbocycles. The average Bonchev–Trinajstić information content (AvgIpc) is 2.68. The molecule has 9 heteroatoms. The molecule has 9 nitrogen and oxygen atoms in total. The van der Waals surface area contributed by atoms with Gasteiger partial charge in [-0.1, -0.05) is 11.6 Å². The van der Waals surface area contributed by atoms with Gasteiger partial charge in [-0.3, -0.25) is 9.59 Å². The molecule has 2 unspecified atom stereocenters. The van der Waals surface area contributed by atoms with Gasteiger partial charge in [-0.2, -0.15) is 0 Å². The molecule has 2 aromatic rings. The summed E-state index contributed by atoms with van der Waals surface area (Å²) in [6.07, 6.45) is -2.43. The summed E-state index contributed by atoms with van der Waals surface area (Å²) >= 11 is 0. The van der Waals surface area contributed by atoms with Gasteiger partial charge < -0.3 is 35.4 Å². The number of allylic oxidation sites excluding steroid dienone is 2. The number of hydrogen-bond acceptors (Lipinski definition) is 9. The summed E-state index contributed by atoms with van der Waals surface area (Å²) in [7, 11) is 0. The number of carbonyl (C=O) groups is 2. The van der Waals surface area contributed by atoms with Gasteiger partial charge in [0.05, 0.1) is 23.2 Å². The van der Waals surface area contributed by atoms with Crippen molar-refractivity contribution >= 4 is 22.5 Å². The number of Topliss-reactive ketones (excluding diaryl/α,β-unsaturated/α-hetero) is 1. The predicted molar refractivity (Wildman–Crippen MR) is 128 cm³/mol. The number of aliphatic hydroxyl groups excluding tert-OH is 2. The summed E-state index contributed by atoms with van der Waals surface area (Å²) < 4.78 is 5.20. The highest BCUT2D eigenvalue weighted by atomic mass is 16.6. The lowest BCUT2D eigenvalue weighted by Gasteiger charge is -2.41. The molecular formula is C26H32O9. The van der Waals surface area contributed by atoms with Crippen LogP contribution in [-0.4, -0.2) is 66.3 Å². The Hall–Kier alpha value is -3.14. The Morgan fingerprint density at radius 1 is 1.20 bits per heavy atom. The van der Waals surface area contributed by atoms with Crippen LogP contribution >= 0.6 is 0 Å². The van der Waals surface area contributed by atoms with Crippen LogP contribution < -0.4 is 0 Å². The van der Waals surface area contributed by atoms with Crippen molar-refractivity contribution in [2.75, 3.05) is 0 Å². The van der Waals surface area contributed by atoms with Crippen LogP contribution in [0, 0.1) is 0 Å². The highest BCUT2D eigenvalue weighted by Crippen LogP contribution is 2.47. The van der Waals surface area contributed by atoms with E-state index in [-0.39, 0.29) is 47.9 Å². The number of benzene rings is 2. The average molecular weight is 489 g/mol. The Labute approximate surface area is 202 Å². The first-order valence-electron chi connectivity index (χ1n) is 11.4. The first kappa shape index (κ1) is 26.5. The Morgan fingerprint density at radius 2 is 1.86 bits per heavy atom. The second-order valence-electron chi connectivity index (χ2n) is 9.63. The third kappa shape index (κ3) is 5.27. The van der Waals surface area contributed by atoms with Gasteiger partial charge in [0.2, 0.25) is 5.78 Å². The maximum Gasteiger partial charge on any atom is 0.303 e. The fourth-order valence-electron chi connectivity index (χ4n) is 4.85. The summed E-state index contributed by atoms with van der Waals surface area (Å²) in [6, 6.07) is 2.39.